The topological polar surface area (TPSA) is 69.1 Å². The molecule has 3 heterocycles. The van der Waals surface area contributed by atoms with Crippen molar-refractivity contribution in [3.8, 4) is 0 Å². The van der Waals surface area contributed by atoms with E-state index >= 15 is 0 Å². The molecule has 0 spiro atoms. The fourth-order valence-corrected chi connectivity index (χ4v) is 2.26. The van der Waals surface area contributed by atoms with Gasteiger partial charge in [0.25, 0.3) is 0 Å². The summed E-state index contributed by atoms with van der Waals surface area (Å²) in [5.74, 6) is 0.439. The molecule has 2 N–H and O–H groups in total. The molecule has 5 heteroatoms. The van der Waals surface area contributed by atoms with Crippen LogP contribution in [0.3, 0.4) is 0 Å². The van der Waals surface area contributed by atoms with E-state index in [0.717, 1.165) is 22.1 Å². The van der Waals surface area contributed by atoms with E-state index in [4.69, 9.17) is 5.73 Å². The van der Waals surface area contributed by atoms with Crippen molar-refractivity contribution in [2.24, 2.45) is 0 Å². The Morgan fingerprint density at radius 3 is 2.83 bits per heavy atom. The molecule has 5 nitrogen and oxygen atoms in total. The Morgan fingerprint density at radius 1 is 1.00 bits per heavy atom. The first-order chi connectivity index (χ1) is 8.84. The number of nitrogens with zero attached hydrogens (tertiary/aromatic N) is 4. The largest absolute Gasteiger partial charge is 0.382 e. The maximum atomic E-state index is 5.97. The molecule has 0 aliphatic heterocycles. The number of fused-ring (bicyclic) bond motifs is 5. The van der Waals surface area contributed by atoms with Gasteiger partial charge in [0.15, 0.2) is 11.5 Å². The summed E-state index contributed by atoms with van der Waals surface area (Å²) >= 11 is 0. The van der Waals surface area contributed by atoms with E-state index in [-0.39, 0.29) is 0 Å². The quantitative estimate of drug-likeness (QED) is 0.506. The second-order valence-corrected chi connectivity index (χ2v) is 4.12. The van der Waals surface area contributed by atoms with Gasteiger partial charge in [-0.15, -0.1) is 0 Å². The monoisotopic (exact) mass is 235 g/mol. The summed E-state index contributed by atoms with van der Waals surface area (Å²) in [6.45, 7) is 0. The van der Waals surface area contributed by atoms with Crippen molar-refractivity contribution < 1.29 is 0 Å². The zero-order chi connectivity index (χ0) is 12.1. The number of para-hydroxylation sites is 1. The number of anilines is 1. The van der Waals surface area contributed by atoms with Gasteiger partial charge in [0.1, 0.15) is 11.0 Å². The lowest BCUT2D eigenvalue weighted by Gasteiger charge is -2.01. The lowest BCUT2D eigenvalue weighted by Crippen LogP contribution is -1.94. The van der Waals surface area contributed by atoms with Gasteiger partial charge >= 0.3 is 0 Å². The Balaban J connectivity index is 2.41. The van der Waals surface area contributed by atoms with Crippen LogP contribution in [-0.2, 0) is 0 Å². The van der Waals surface area contributed by atoms with Crippen LogP contribution in [0.4, 0.5) is 5.82 Å². The first-order valence-electron chi connectivity index (χ1n) is 5.62. The maximum absolute atomic E-state index is 5.97. The van der Waals surface area contributed by atoms with Crippen molar-refractivity contribution in [1.82, 2.24) is 19.6 Å². The Hall–Kier alpha value is -2.69. The molecule has 0 saturated heterocycles. The molecular formula is C13H9N5. The average Bonchev–Trinajstić information content (AvgIpc) is 2.79. The number of aromatic nitrogens is 4. The smallest absolute Gasteiger partial charge is 0.155 e. The van der Waals surface area contributed by atoms with Gasteiger partial charge in [-0.25, -0.2) is 14.5 Å². The Morgan fingerprint density at radius 2 is 1.89 bits per heavy atom. The van der Waals surface area contributed by atoms with Crippen molar-refractivity contribution in [3.63, 3.8) is 0 Å². The molecule has 0 bridgehead atoms. The van der Waals surface area contributed by atoms with Gasteiger partial charge in [0, 0.05) is 11.6 Å². The lowest BCUT2D eigenvalue weighted by molar-refractivity contribution is 0.968. The second-order valence-electron chi connectivity index (χ2n) is 4.12. The zero-order valence-electron chi connectivity index (χ0n) is 9.41. The van der Waals surface area contributed by atoms with Crippen LogP contribution in [-0.4, -0.2) is 19.6 Å². The molecule has 4 aromatic rings. The van der Waals surface area contributed by atoms with E-state index in [1.165, 1.54) is 0 Å². The number of pyridine rings is 1. The zero-order valence-corrected chi connectivity index (χ0v) is 9.41. The van der Waals surface area contributed by atoms with Gasteiger partial charge < -0.3 is 5.73 Å². The fourth-order valence-electron chi connectivity index (χ4n) is 2.26. The summed E-state index contributed by atoms with van der Waals surface area (Å²) in [6, 6.07) is 11.6. The average molecular weight is 235 g/mol. The summed E-state index contributed by atoms with van der Waals surface area (Å²) in [6.07, 6.45) is 1.74. The van der Waals surface area contributed by atoms with Gasteiger partial charge in [-0.1, -0.05) is 18.2 Å². The highest BCUT2D eigenvalue weighted by Gasteiger charge is 2.12. The van der Waals surface area contributed by atoms with Crippen LogP contribution in [0, 0.1) is 0 Å². The van der Waals surface area contributed by atoms with E-state index in [1.54, 1.807) is 10.7 Å². The van der Waals surface area contributed by atoms with Crippen LogP contribution in [0.1, 0.15) is 0 Å². The lowest BCUT2D eigenvalue weighted by atomic mass is 10.2. The maximum Gasteiger partial charge on any atom is 0.155 e. The minimum atomic E-state index is 0.439. The van der Waals surface area contributed by atoms with E-state index in [2.05, 4.69) is 15.1 Å². The minimum absolute atomic E-state index is 0.439. The standard InChI is InChI=1S/C13H9N5/c14-13-11-12(8-4-1-2-5-9(8)16-13)18-10(17-11)6-3-7-15-18/h1-7H,(H2,14,16). The molecule has 0 amide bonds. The Labute approximate surface area is 102 Å². The predicted molar refractivity (Wildman–Crippen MR) is 70.2 cm³/mol. The molecule has 86 valence electrons. The summed E-state index contributed by atoms with van der Waals surface area (Å²) < 4.78 is 1.80. The van der Waals surface area contributed by atoms with Crippen LogP contribution in [0.2, 0.25) is 0 Å². The second kappa shape index (κ2) is 3.16. The number of nitrogen functional groups attached to an aromatic ring is 1. The SMILES string of the molecule is Nc1nc2ccccc2c2c1nc1cccnn12. The molecule has 0 unspecified atom stereocenters. The third kappa shape index (κ3) is 1.08. The van der Waals surface area contributed by atoms with Crippen molar-refractivity contribution >= 4 is 33.4 Å². The third-order valence-corrected chi connectivity index (χ3v) is 3.04. The van der Waals surface area contributed by atoms with Crippen LogP contribution in [0.25, 0.3) is 27.6 Å². The third-order valence-electron chi connectivity index (χ3n) is 3.04. The molecule has 0 aliphatic rings. The predicted octanol–water partition coefficient (Wildman–Crippen LogP) is 2.01. The number of hydrogen-bond donors (Lipinski definition) is 1. The molecule has 3 aromatic heterocycles. The molecule has 0 atom stereocenters. The Bertz CT molecular complexity index is 894. The van der Waals surface area contributed by atoms with E-state index < -0.39 is 0 Å². The van der Waals surface area contributed by atoms with Gasteiger partial charge in [-0.05, 0) is 18.2 Å². The molecule has 4 rings (SSSR count). The molecule has 0 fully saturated rings. The van der Waals surface area contributed by atoms with Crippen molar-refractivity contribution in [2.75, 3.05) is 5.73 Å². The first-order valence-corrected chi connectivity index (χ1v) is 5.62. The Kier molecular flexibility index (Phi) is 1.64. The molecule has 0 radical (unpaired) electrons. The van der Waals surface area contributed by atoms with Crippen LogP contribution in [0.5, 0.6) is 0 Å². The van der Waals surface area contributed by atoms with Gasteiger partial charge in [-0.2, -0.15) is 5.10 Å². The van der Waals surface area contributed by atoms with Crippen molar-refractivity contribution in [3.05, 3.63) is 42.6 Å². The number of rotatable bonds is 0. The van der Waals surface area contributed by atoms with Crippen LogP contribution < -0.4 is 5.73 Å². The number of nitrogens with two attached hydrogens (primary N) is 1. The molecule has 0 aliphatic carbocycles. The molecular weight excluding hydrogens is 226 g/mol. The highest BCUT2D eigenvalue weighted by Crippen LogP contribution is 2.27. The van der Waals surface area contributed by atoms with Gasteiger partial charge in [0.05, 0.1) is 5.52 Å². The molecule has 18 heavy (non-hydrogen) atoms. The molecule has 0 saturated carbocycles. The summed E-state index contributed by atoms with van der Waals surface area (Å²) in [4.78, 5) is 8.85. The highest BCUT2D eigenvalue weighted by molar-refractivity contribution is 6.07. The van der Waals surface area contributed by atoms with Gasteiger partial charge in [-0.3, -0.25) is 0 Å². The van der Waals surface area contributed by atoms with Gasteiger partial charge in [0.2, 0.25) is 0 Å². The molecule has 1 aromatic carbocycles. The van der Waals surface area contributed by atoms with Crippen molar-refractivity contribution in [2.45, 2.75) is 0 Å². The van der Waals surface area contributed by atoms with Crippen LogP contribution >= 0.6 is 0 Å². The van der Waals surface area contributed by atoms with E-state index in [9.17, 15) is 0 Å². The normalized spacial score (nSPS) is 11.6. The minimum Gasteiger partial charge on any atom is -0.382 e. The summed E-state index contributed by atoms with van der Waals surface area (Å²) in [5, 5.41) is 5.34. The first kappa shape index (κ1) is 9.35. The summed E-state index contributed by atoms with van der Waals surface area (Å²) in [7, 11) is 0. The van der Waals surface area contributed by atoms with Crippen molar-refractivity contribution in [1.29, 1.82) is 0 Å². The van der Waals surface area contributed by atoms with E-state index in [0.29, 0.717) is 11.3 Å². The fraction of sp³-hybridized carbons (Fsp3) is 0. The number of imidazole rings is 1. The number of hydrogen-bond acceptors (Lipinski definition) is 4. The van der Waals surface area contributed by atoms with E-state index in [1.807, 2.05) is 36.4 Å². The number of benzene rings is 1. The highest BCUT2D eigenvalue weighted by atomic mass is 15.3. The van der Waals surface area contributed by atoms with Crippen LogP contribution in [0.15, 0.2) is 42.6 Å². The summed E-state index contributed by atoms with van der Waals surface area (Å²) in [5.41, 5.74) is 9.22.